The van der Waals surface area contributed by atoms with Crippen LogP contribution < -0.4 is 5.11 Å². The minimum atomic E-state index is -0.191. The van der Waals surface area contributed by atoms with Gasteiger partial charge in [-0.2, -0.15) is 0 Å². The van der Waals surface area contributed by atoms with E-state index in [9.17, 15) is 10.2 Å². The summed E-state index contributed by atoms with van der Waals surface area (Å²) in [6.07, 6.45) is 10.9. The lowest BCUT2D eigenvalue weighted by molar-refractivity contribution is -0.243. The highest BCUT2D eigenvalue weighted by atomic mass is 16.3. The van der Waals surface area contributed by atoms with E-state index in [4.69, 9.17) is 0 Å². The van der Waals surface area contributed by atoms with E-state index in [1.54, 1.807) is 18.2 Å². The third-order valence-corrected chi connectivity index (χ3v) is 2.53. The van der Waals surface area contributed by atoms with E-state index in [2.05, 4.69) is 0 Å². The van der Waals surface area contributed by atoms with E-state index in [0.29, 0.717) is 5.56 Å². The fraction of sp³-hybridized carbons (Fsp3) is 0.0667. The van der Waals surface area contributed by atoms with Gasteiger partial charge in [0.25, 0.3) is 0 Å². The number of rotatable bonds is 2. The third-order valence-electron chi connectivity index (χ3n) is 2.53. The first kappa shape index (κ1) is 11.3. The number of phenols is 1. The van der Waals surface area contributed by atoms with E-state index in [0.717, 1.165) is 11.1 Å². The molecule has 1 N–H and O–H groups in total. The molecule has 1 aromatic rings. The molecule has 1 aliphatic rings. The molecule has 0 saturated heterocycles. The topological polar surface area (TPSA) is 43.3 Å². The van der Waals surface area contributed by atoms with Crippen LogP contribution in [0.3, 0.4) is 0 Å². The van der Waals surface area contributed by atoms with E-state index in [1.165, 1.54) is 6.08 Å². The maximum Gasteiger partial charge on any atom is 0.122 e. The van der Waals surface area contributed by atoms with Gasteiger partial charge in [0.1, 0.15) is 5.75 Å². The van der Waals surface area contributed by atoms with Gasteiger partial charge in [0.15, 0.2) is 0 Å². The molecular formula is C15H13O2-. The van der Waals surface area contributed by atoms with Crippen LogP contribution in [0.5, 0.6) is 5.75 Å². The van der Waals surface area contributed by atoms with Gasteiger partial charge in [-0.3, -0.25) is 0 Å². The molecule has 0 aliphatic heterocycles. The van der Waals surface area contributed by atoms with Crippen LogP contribution in [0, 0.1) is 6.92 Å². The minimum Gasteiger partial charge on any atom is -0.872 e. The molecule has 1 aromatic carbocycles. The third kappa shape index (κ3) is 2.67. The van der Waals surface area contributed by atoms with Crippen LogP contribution >= 0.6 is 0 Å². The Labute approximate surface area is 101 Å². The second-order valence-electron chi connectivity index (χ2n) is 3.94. The highest BCUT2D eigenvalue weighted by molar-refractivity contribution is 5.65. The maximum atomic E-state index is 11.8. The van der Waals surface area contributed by atoms with Crippen LogP contribution in [0.2, 0.25) is 0 Å². The molecule has 2 heteroatoms. The highest BCUT2D eigenvalue weighted by Gasteiger charge is 1.99. The first-order valence-corrected chi connectivity index (χ1v) is 5.40. The molecule has 1 aliphatic carbocycles. The summed E-state index contributed by atoms with van der Waals surface area (Å²) in [5, 5.41) is 21.5. The quantitative estimate of drug-likeness (QED) is 0.786. The average molecular weight is 225 g/mol. The molecule has 0 amide bonds. The fourth-order valence-corrected chi connectivity index (χ4v) is 1.61. The number of hydrogen-bond acceptors (Lipinski definition) is 2. The molecule has 0 bridgehead atoms. The van der Waals surface area contributed by atoms with Crippen molar-refractivity contribution in [2.75, 3.05) is 0 Å². The highest BCUT2D eigenvalue weighted by Crippen LogP contribution is 2.23. The summed E-state index contributed by atoms with van der Waals surface area (Å²) in [6, 6.07) is 5.04. The number of phenolic OH excluding ortho intramolecular Hbond substituents is 1. The molecule has 2 rings (SSSR count). The normalized spacial score (nSPS) is 14.4. The first-order valence-electron chi connectivity index (χ1n) is 5.40. The van der Waals surface area contributed by atoms with Crippen LogP contribution in [-0.4, -0.2) is 5.11 Å². The van der Waals surface area contributed by atoms with Crippen molar-refractivity contribution < 1.29 is 10.2 Å². The lowest BCUT2D eigenvalue weighted by Gasteiger charge is -2.13. The second-order valence-corrected chi connectivity index (χ2v) is 3.94. The molecule has 0 saturated carbocycles. The minimum absolute atomic E-state index is 0.0298. The lowest BCUT2D eigenvalue weighted by atomic mass is 10.1. The zero-order chi connectivity index (χ0) is 12.3. The SMILES string of the molecule is Cc1ccc(C([O-])=CC=C2C=CC=C2)c(O)c1. The van der Waals surface area contributed by atoms with Crippen molar-refractivity contribution in [3.05, 3.63) is 71.4 Å². The molecule has 0 aromatic heterocycles. The van der Waals surface area contributed by atoms with Gasteiger partial charge in [0, 0.05) is 5.56 Å². The molecule has 17 heavy (non-hydrogen) atoms. The van der Waals surface area contributed by atoms with Crippen LogP contribution in [0.15, 0.2) is 60.2 Å². The number of hydrogen-bond donors (Lipinski definition) is 1. The summed E-state index contributed by atoms with van der Waals surface area (Å²) in [5.74, 6) is -0.161. The Morgan fingerprint density at radius 3 is 2.59 bits per heavy atom. The van der Waals surface area contributed by atoms with Gasteiger partial charge < -0.3 is 10.2 Å². The van der Waals surface area contributed by atoms with Gasteiger partial charge in [0.2, 0.25) is 0 Å². The van der Waals surface area contributed by atoms with E-state index in [-0.39, 0.29) is 11.5 Å². The summed E-state index contributed by atoms with van der Waals surface area (Å²) in [4.78, 5) is 0. The van der Waals surface area contributed by atoms with Gasteiger partial charge >= 0.3 is 0 Å². The first-order chi connectivity index (χ1) is 8.16. The molecular weight excluding hydrogens is 212 g/mol. The standard InChI is InChI=1S/C15H14O2/c1-11-6-8-13(15(17)10-11)14(16)9-7-12-4-2-3-5-12/h2-10,16-17H,1H3/p-1. The molecule has 0 unspecified atom stereocenters. The number of benzene rings is 1. The van der Waals surface area contributed by atoms with Gasteiger partial charge in [-0.1, -0.05) is 54.3 Å². The lowest BCUT2D eigenvalue weighted by Crippen LogP contribution is -2.02. The Morgan fingerprint density at radius 1 is 1.24 bits per heavy atom. The number of aryl methyl sites for hydroxylation is 1. The van der Waals surface area contributed by atoms with Crippen LogP contribution in [-0.2, 0) is 0 Å². The molecule has 0 heterocycles. The van der Waals surface area contributed by atoms with E-state index >= 15 is 0 Å². The molecule has 0 spiro atoms. The average Bonchev–Trinajstić information content (AvgIpc) is 2.78. The molecule has 86 valence electrons. The summed E-state index contributed by atoms with van der Waals surface area (Å²) in [6.45, 7) is 1.87. The van der Waals surface area contributed by atoms with E-state index in [1.807, 2.05) is 37.3 Å². The Morgan fingerprint density at radius 2 is 1.94 bits per heavy atom. The fourth-order valence-electron chi connectivity index (χ4n) is 1.61. The van der Waals surface area contributed by atoms with Crippen molar-refractivity contribution in [1.82, 2.24) is 0 Å². The Kier molecular flexibility index (Phi) is 3.15. The molecule has 0 fully saturated rings. The van der Waals surface area contributed by atoms with Crippen molar-refractivity contribution >= 4 is 5.76 Å². The van der Waals surface area contributed by atoms with Crippen molar-refractivity contribution in [3.8, 4) is 5.75 Å². The number of aromatic hydroxyl groups is 1. The predicted octanol–water partition coefficient (Wildman–Crippen LogP) is 2.45. The van der Waals surface area contributed by atoms with Gasteiger partial charge in [-0.25, -0.2) is 0 Å². The van der Waals surface area contributed by atoms with Gasteiger partial charge in [-0.15, -0.1) is 0 Å². The summed E-state index contributed by atoms with van der Waals surface area (Å²) in [7, 11) is 0. The Hall–Kier alpha value is -2.22. The summed E-state index contributed by atoms with van der Waals surface area (Å²) >= 11 is 0. The van der Waals surface area contributed by atoms with Crippen molar-refractivity contribution in [3.63, 3.8) is 0 Å². The Bertz CT molecular complexity index is 532. The second kappa shape index (κ2) is 4.74. The number of allylic oxidation sites excluding steroid dienone is 7. The molecule has 0 radical (unpaired) electrons. The zero-order valence-corrected chi connectivity index (χ0v) is 9.55. The smallest absolute Gasteiger partial charge is 0.122 e. The van der Waals surface area contributed by atoms with E-state index < -0.39 is 0 Å². The van der Waals surface area contributed by atoms with Crippen LogP contribution in [0.25, 0.3) is 5.76 Å². The van der Waals surface area contributed by atoms with Gasteiger partial charge in [0.05, 0.1) is 0 Å². The predicted molar refractivity (Wildman–Crippen MR) is 67.2 cm³/mol. The maximum absolute atomic E-state index is 11.8. The van der Waals surface area contributed by atoms with Crippen molar-refractivity contribution in [2.45, 2.75) is 6.92 Å². The van der Waals surface area contributed by atoms with Crippen LogP contribution in [0.1, 0.15) is 11.1 Å². The van der Waals surface area contributed by atoms with Crippen molar-refractivity contribution in [1.29, 1.82) is 0 Å². The Balaban J connectivity index is 2.27. The zero-order valence-electron chi connectivity index (χ0n) is 9.55. The summed E-state index contributed by atoms with van der Waals surface area (Å²) < 4.78 is 0. The largest absolute Gasteiger partial charge is 0.872 e. The van der Waals surface area contributed by atoms with Crippen molar-refractivity contribution in [2.24, 2.45) is 0 Å². The molecule has 2 nitrogen and oxygen atoms in total. The summed E-state index contributed by atoms with van der Waals surface area (Å²) in [5.41, 5.74) is 2.24. The molecule has 0 atom stereocenters. The van der Waals surface area contributed by atoms with Crippen LogP contribution in [0.4, 0.5) is 0 Å². The monoisotopic (exact) mass is 225 g/mol. The van der Waals surface area contributed by atoms with Gasteiger partial charge in [-0.05, 0) is 24.1 Å².